The van der Waals surface area contributed by atoms with E-state index < -0.39 is 0 Å². The van der Waals surface area contributed by atoms with E-state index >= 15 is 0 Å². The molecule has 8 heteroatoms. The van der Waals surface area contributed by atoms with Gasteiger partial charge in [0.25, 0.3) is 0 Å². The zero-order valence-electron chi connectivity index (χ0n) is 12.3. The van der Waals surface area contributed by atoms with Gasteiger partial charge in [-0.2, -0.15) is 10.3 Å². The Kier molecular flexibility index (Phi) is 4.23. The molecular weight excluding hydrogens is 268 g/mol. The van der Waals surface area contributed by atoms with E-state index in [-0.39, 0.29) is 5.96 Å². The molecule has 0 spiro atoms. The third-order valence-electron chi connectivity index (χ3n) is 2.95. The summed E-state index contributed by atoms with van der Waals surface area (Å²) in [5.41, 5.74) is 10.4. The average molecular weight is 286 g/mol. The van der Waals surface area contributed by atoms with E-state index in [0.717, 1.165) is 5.70 Å². The molecule has 0 saturated carbocycles. The highest BCUT2D eigenvalue weighted by molar-refractivity contribution is 6.01. The maximum Gasteiger partial charge on any atom is 0.227 e. The molecule has 0 bridgehead atoms. The number of nitrogens with zero attached hydrogens (tertiary/aromatic N) is 5. The van der Waals surface area contributed by atoms with Crippen LogP contribution in [0.1, 0.15) is 27.2 Å². The van der Waals surface area contributed by atoms with E-state index in [1.165, 1.54) is 5.01 Å². The van der Waals surface area contributed by atoms with Gasteiger partial charge in [0.15, 0.2) is 0 Å². The number of nitrogens with two attached hydrogens (primary N) is 1. The van der Waals surface area contributed by atoms with Gasteiger partial charge in [0.05, 0.1) is 11.6 Å². The van der Waals surface area contributed by atoms with Gasteiger partial charge in [-0.15, -0.1) is 0 Å². The molecule has 0 fully saturated rings. The van der Waals surface area contributed by atoms with Crippen molar-refractivity contribution in [2.75, 3.05) is 6.54 Å². The predicted molar refractivity (Wildman–Crippen MR) is 81.8 cm³/mol. The fourth-order valence-electron chi connectivity index (χ4n) is 1.87. The molecule has 0 radical (unpaired) electrons. The van der Waals surface area contributed by atoms with E-state index in [2.05, 4.69) is 31.8 Å². The number of hydrogen-bond acceptors (Lipinski definition) is 5. The quantitative estimate of drug-likeness (QED) is 0.685. The van der Waals surface area contributed by atoms with Crippen molar-refractivity contribution in [3.05, 3.63) is 23.2 Å². The van der Waals surface area contributed by atoms with Gasteiger partial charge in [-0.1, -0.05) is 6.08 Å². The second-order valence-electron chi connectivity index (χ2n) is 4.44. The number of rotatable bonds is 2. The number of amidine groups is 1. The van der Waals surface area contributed by atoms with E-state index in [1.807, 2.05) is 26.8 Å². The van der Waals surface area contributed by atoms with E-state index in [4.69, 9.17) is 5.73 Å². The molecule has 0 aromatic rings. The predicted octanol–water partition coefficient (Wildman–Crippen LogP) is 0.548. The Morgan fingerprint density at radius 3 is 3.00 bits per heavy atom. The molecule has 0 unspecified atom stereocenters. The van der Waals surface area contributed by atoms with Crippen LogP contribution >= 0.6 is 0 Å². The monoisotopic (exact) mass is 286 g/mol. The zero-order valence-corrected chi connectivity index (χ0v) is 12.3. The SMILES string of the molecule is C/C=C(\C)N=C1CC(C#N)=C2NC(=NCC)N=C(N)N2N1. The number of hydrogen-bond donors (Lipinski definition) is 3. The van der Waals surface area contributed by atoms with Crippen LogP contribution < -0.4 is 16.5 Å². The summed E-state index contributed by atoms with van der Waals surface area (Å²) in [7, 11) is 0. The lowest BCUT2D eigenvalue weighted by molar-refractivity contribution is 0.412. The van der Waals surface area contributed by atoms with Crippen molar-refractivity contribution in [1.82, 2.24) is 15.8 Å². The van der Waals surface area contributed by atoms with Gasteiger partial charge in [0, 0.05) is 18.7 Å². The molecule has 110 valence electrons. The van der Waals surface area contributed by atoms with Crippen LogP contribution in [-0.4, -0.2) is 29.3 Å². The van der Waals surface area contributed by atoms with Gasteiger partial charge < -0.3 is 11.1 Å². The van der Waals surface area contributed by atoms with Gasteiger partial charge in [-0.05, 0) is 20.8 Å². The van der Waals surface area contributed by atoms with Gasteiger partial charge >= 0.3 is 0 Å². The number of nitrogens with one attached hydrogen (secondary N) is 2. The number of guanidine groups is 2. The Hall–Kier alpha value is -2.82. The van der Waals surface area contributed by atoms with Crippen LogP contribution in [0, 0.1) is 11.3 Å². The summed E-state index contributed by atoms with van der Waals surface area (Å²) in [6.07, 6.45) is 2.28. The first-order valence-corrected chi connectivity index (χ1v) is 6.65. The van der Waals surface area contributed by atoms with Crippen molar-refractivity contribution < 1.29 is 0 Å². The third-order valence-corrected chi connectivity index (χ3v) is 2.95. The van der Waals surface area contributed by atoms with Crippen molar-refractivity contribution in [2.24, 2.45) is 20.7 Å². The minimum atomic E-state index is 0.217. The Morgan fingerprint density at radius 1 is 1.62 bits per heavy atom. The molecule has 0 aromatic heterocycles. The largest absolute Gasteiger partial charge is 0.368 e. The molecule has 2 aliphatic rings. The molecule has 2 heterocycles. The molecular formula is C13H18N8. The molecule has 0 amide bonds. The van der Waals surface area contributed by atoms with Crippen molar-refractivity contribution >= 4 is 17.8 Å². The van der Waals surface area contributed by atoms with Crippen LogP contribution in [0.5, 0.6) is 0 Å². The second kappa shape index (κ2) is 6.09. The smallest absolute Gasteiger partial charge is 0.227 e. The summed E-state index contributed by atoms with van der Waals surface area (Å²) in [4.78, 5) is 12.7. The van der Waals surface area contributed by atoms with Crippen molar-refractivity contribution in [2.45, 2.75) is 27.2 Å². The fraction of sp³-hybridized carbons (Fsp3) is 0.385. The average Bonchev–Trinajstić information content (AvgIpc) is 2.47. The molecule has 0 atom stereocenters. The maximum atomic E-state index is 9.35. The molecule has 0 aliphatic carbocycles. The van der Waals surface area contributed by atoms with Crippen molar-refractivity contribution in [3.8, 4) is 6.07 Å². The molecule has 0 aromatic carbocycles. The van der Waals surface area contributed by atoms with Gasteiger partial charge in [0.2, 0.25) is 11.9 Å². The van der Waals surface area contributed by atoms with E-state index in [9.17, 15) is 5.26 Å². The van der Waals surface area contributed by atoms with Gasteiger partial charge in [-0.25, -0.2) is 10.0 Å². The van der Waals surface area contributed by atoms with E-state index in [0.29, 0.717) is 36.2 Å². The highest BCUT2D eigenvalue weighted by atomic mass is 15.6. The molecule has 4 N–H and O–H groups in total. The lowest BCUT2D eigenvalue weighted by Gasteiger charge is -2.35. The molecule has 0 saturated heterocycles. The second-order valence-corrected chi connectivity index (χ2v) is 4.44. The molecule has 21 heavy (non-hydrogen) atoms. The first-order chi connectivity index (χ1) is 10.1. The zero-order chi connectivity index (χ0) is 15.4. The Morgan fingerprint density at radius 2 is 2.38 bits per heavy atom. The number of allylic oxidation sites excluding steroid dienone is 2. The topological polar surface area (TPSA) is 114 Å². The van der Waals surface area contributed by atoms with Crippen LogP contribution in [-0.2, 0) is 0 Å². The number of fused-ring (bicyclic) bond motifs is 1. The summed E-state index contributed by atoms with van der Waals surface area (Å²) < 4.78 is 0. The Balaban J connectivity index is 2.42. The Bertz CT molecular complexity index is 629. The van der Waals surface area contributed by atoms with Crippen LogP contribution in [0.4, 0.5) is 0 Å². The summed E-state index contributed by atoms with van der Waals surface area (Å²) in [6, 6.07) is 2.18. The fourth-order valence-corrected chi connectivity index (χ4v) is 1.87. The number of hydrazine groups is 1. The van der Waals surface area contributed by atoms with Crippen LogP contribution in [0.25, 0.3) is 0 Å². The van der Waals surface area contributed by atoms with Gasteiger partial charge in [0.1, 0.15) is 11.7 Å². The Labute approximate surface area is 123 Å². The van der Waals surface area contributed by atoms with Crippen molar-refractivity contribution in [3.63, 3.8) is 0 Å². The first kappa shape index (κ1) is 14.6. The highest BCUT2D eigenvalue weighted by Gasteiger charge is 2.30. The van der Waals surface area contributed by atoms with Crippen molar-refractivity contribution in [1.29, 1.82) is 5.26 Å². The molecule has 2 aliphatic heterocycles. The molecule has 2 rings (SSSR count). The minimum Gasteiger partial charge on any atom is -0.368 e. The van der Waals surface area contributed by atoms with Gasteiger partial charge in [-0.3, -0.25) is 10.4 Å². The summed E-state index contributed by atoms with van der Waals surface area (Å²) in [5, 5.41) is 13.9. The summed E-state index contributed by atoms with van der Waals surface area (Å²) >= 11 is 0. The minimum absolute atomic E-state index is 0.217. The first-order valence-electron chi connectivity index (χ1n) is 6.65. The standard InChI is InChI=1S/C13H18N8/c1-4-8(3)17-10-6-9(7-14)11-18-13(16-5-2)19-12(15)21(11)20-10/h4H,5-6H2,1-3H3,(H,17,20)(H3,15,16,18,19)/b8-4+. The van der Waals surface area contributed by atoms with Crippen LogP contribution in [0.2, 0.25) is 0 Å². The molecule has 8 nitrogen and oxygen atoms in total. The number of aliphatic imine (C=N–C) groups is 3. The lowest BCUT2D eigenvalue weighted by Crippen LogP contribution is -2.58. The van der Waals surface area contributed by atoms with Crippen LogP contribution in [0.3, 0.4) is 0 Å². The maximum absolute atomic E-state index is 9.35. The number of nitriles is 1. The van der Waals surface area contributed by atoms with Crippen LogP contribution in [0.15, 0.2) is 38.1 Å². The highest BCUT2D eigenvalue weighted by Crippen LogP contribution is 2.18. The van der Waals surface area contributed by atoms with E-state index in [1.54, 1.807) is 0 Å². The summed E-state index contributed by atoms with van der Waals surface area (Å²) in [6.45, 7) is 6.27. The summed E-state index contributed by atoms with van der Waals surface area (Å²) in [5.74, 6) is 1.81. The lowest BCUT2D eigenvalue weighted by atomic mass is 10.1. The normalized spacial score (nSPS) is 22.5. The third kappa shape index (κ3) is 3.02.